The summed E-state index contributed by atoms with van der Waals surface area (Å²) in [5.41, 5.74) is 19.0. The Morgan fingerprint density at radius 2 is 1.19 bits per heavy atom. The summed E-state index contributed by atoms with van der Waals surface area (Å²) in [6.07, 6.45) is -2.36. The van der Waals surface area contributed by atoms with Gasteiger partial charge in [-0.15, -0.1) is 0 Å². The quantitative estimate of drug-likeness (QED) is 0.00878. The fourth-order valence-corrected chi connectivity index (χ4v) is 16.2. The predicted molar refractivity (Wildman–Crippen MR) is 460 cm³/mol. The minimum absolute atomic E-state index is 0.0227. The van der Waals surface area contributed by atoms with Crippen molar-refractivity contribution in [2.75, 3.05) is 69.7 Å². The van der Waals surface area contributed by atoms with Gasteiger partial charge in [0.25, 0.3) is 21.9 Å². The largest absolute Gasteiger partial charge is 0.481 e. The highest BCUT2D eigenvalue weighted by Gasteiger charge is 2.46. The fraction of sp³-hybridized carbons (Fsp3) is 0.506. The summed E-state index contributed by atoms with van der Waals surface area (Å²) < 4.78 is 35.7. The summed E-state index contributed by atoms with van der Waals surface area (Å²) in [5, 5.41) is 132. The number of hydrogen-bond acceptors (Lipinski definition) is 23. The molecule has 24 N–H and O–H groups in total. The third-order valence-corrected chi connectivity index (χ3v) is 23.3. The number of nitrogens with one attached hydrogen (secondary N) is 8. The summed E-state index contributed by atoms with van der Waals surface area (Å²) in [6.45, 7) is 5.48. The number of hydrogen-bond donors (Lipinski definition) is 22. The maximum Gasteiger partial charge on any atom is 0.305 e. The van der Waals surface area contributed by atoms with E-state index < -0.39 is 186 Å². The van der Waals surface area contributed by atoms with E-state index in [4.69, 9.17) is 11.5 Å². The van der Waals surface area contributed by atoms with Crippen molar-refractivity contribution in [3.63, 3.8) is 0 Å². The molecule has 4 aliphatic rings. The number of guanidine groups is 1. The first-order chi connectivity index (χ1) is 58.8. The van der Waals surface area contributed by atoms with Crippen molar-refractivity contribution in [1.29, 1.82) is 0 Å². The van der Waals surface area contributed by atoms with Gasteiger partial charge in [0.2, 0.25) is 41.1 Å². The zero-order valence-electron chi connectivity index (χ0n) is 70.1. The number of nitrogens with zero attached hydrogens (tertiary/aromatic N) is 3. The molecule has 0 radical (unpaired) electrons. The molecule has 8 amide bonds. The van der Waals surface area contributed by atoms with Gasteiger partial charge in [0.05, 0.1) is 49.6 Å². The van der Waals surface area contributed by atoms with Crippen molar-refractivity contribution in [2.45, 2.75) is 214 Å². The van der Waals surface area contributed by atoms with E-state index in [-0.39, 0.29) is 81.0 Å². The van der Waals surface area contributed by atoms with Gasteiger partial charge < -0.3 is 115 Å². The minimum Gasteiger partial charge on any atom is -0.481 e. The van der Waals surface area contributed by atoms with Gasteiger partial charge in [-0.1, -0.05) is 86.7 Å². The zero-order chi connectivity index (χ0) is 90.8. The lowest BCUT2D eigenvalue weighted by Gasteiger charge is -2.28. The Labute approximate surface area is 719 Å². The van der Waals surface area contributed by atoms with Gasteiger partial charge in [-0.25, -0.2) is 0 Å². The second-order valence-corrected chi connectivity index (χ2v) is 34.1. The maximum absolute atomic E-state index is 14.4. The summed E-state index contributed by atoms with van der Waals surface area (Å²) >= 11 is 0. The number of aliphatic carboxylic acids is 1. The van der Waals surface area contributed by atoms with E-state index in [1.165, 1.54) is 0 Å². The van der Waals surface area contributed by atoms with Crippen LogP contribution in [0.15, 0.2) is 143 Å². The van der Waals surface area contributed by atoms with E-state index in [2.05, 4.69) is 75.2 Å². The number of fused-ring (bicyclic) bond motifs is 2. The van der Waals surface area contributed by atoms with E-state index in [0.29, 0.717) is 63.6 Å². The third kappa shape index (κ3) is 27.7. The molecule has 0 spiro atoms. The lowest BCUT2D eigenvalue weighted by molar-refractivity contribution is -0.438. The topological polar surface area (TPSA) is 597 Å². The van der Waals surface area contributed by atoms with Crippen LogP contribution in [0.3, 0.4) is 0 Å². The molecule has 1 aliphatic carbocycles. The van der Waals surface area contributed by atoms with Gasteiger partial charge in [-0.05, 0) is 161 Å². The second-order valence-electron chi connectivity index (χ2n) is 32.5. The average Bonchev–Trinajstić information content (AvgIpc) is 1.59. The van der Waals surface area contributed by atoms with Crippen LogP contribution in [-0.4, -0.2) is 276 Å². The molecule has 4 aromatic rings. The Balaban J connectivity index is 1.03. The minimum atomic E-state index is -4.28. The van der Waals surface area contributed by atoms with Crippen LogP contribution in [0.25, 0.3) is 5.57 Å². The molecule has 37 heteroatoms. The molecule has 124 heavy (non-hydrogen) atoms. The van der Waals surface area contributed by atoms with E-state index in [1.54, 1.807) is 60.7 Å². The first-order valence-corrected chi connectivity index (χ1v) is 43.3. The molecule has 1 fully saturated rings. The van der Waals surface area contributed by atoms with Gasteiger partial charge in [0.15, 0.2) is 11.7 Å². The van der Waals surface area contributed by atoms with Crippen LogP contribution in [-0.2, 0) is 60.9 Å². The first kappa shape index (κ1) is 98.8. The van der Waals surface area contributed by atoms with Crippen LogP contribution in [0.4, 0.5) is 11.4 Å². The molecule has 3 heterocycles. The fourth-order valence-electron chi connectivity index (χ4n) is 15.6. The standard InChI is InChI=1S/C87H119N13O23S/c1-86(2)57-43-55(79(115)92-46-65(103)75(111)77(113)67(105)49-101)29-33-63(57)99(39-15-7-12-28-71(107)90-37-14-13-26-60-82(118)96-59(27-19-38-91-85(88)89)81(117)94-48-72(108)95-62(45-73(109)110)84(120)98-61(83(119)97-60)42-51-20-8-5-9-21-51)69(86)35-31-53-24-18-25-54(74(53)52-22-10-6-11-23-52)32-36-70-87(3,4)58-44-56(30-34-64(58)100(70)40-16-17-41-124(121,122)123)80(116)93-47-66(104)76(112)78(114)68(106)50-102/h5-6,8-11,20-23,29-36,43-44,59-62,65-68,75-78,101-106,111-114H,7,12-19,24-28,37-42,45-50H2,1-4H3,(H13-,88,89,90,91,92,93,94,95,96,97,98,107,108,109,110,115,116,117,118,119,120,121,122,123)/p+1/t59-,60?,61+,62-,65?,66?,67?,68?,75?,76?,77?,78?/m0/s1. The lowest BCUT2D eigenvalue weighted by Crippen LogP contribution is -2.58. The number of aliphatic hydroxyl groups excluding tert-OH is 10. The van der Waals surface area contributed by atoms with Crippen molar-refractivity contribution in [2.24, 2.45) is 16.5 Å². The molecule has 1 saturated heterocycles. The van der Waals surface area contributed by atoms with E-state index in [9.17, 15) is 112 Å². The highest BCUT2D eigenvalue weighted by molar-refractivity contribution is 7.85. The average molecular weight is 1750 g/mol. The number of benzene rings is 4. The summed E-state index contributed by atoms with van der Waals surface area (Å²) in [4.78, 5) is 129. The summed E-state index contributed by atoms with van der Waals surface area (Å²) in [6, 6.07) is 23.0. The number of rotatable bonds is 42. The molecule has 0 saturated carbocycles. The number of carbonyl (C=O) groups excluding carboxylic acids is 8. The number of nitrogens with two attached hydrogens (primary N) is 2. The predicted octanol–water partition coefficient (Wildman–Crippen LogP) is -0.449. The molecule has 12 atom stereocenters. The van der Waals surface area contributed by atoms with Crippen LogP contribution in [0.2, 0.25) is 0 Å². The van der Waals surface area contributed by atoms with Crippen molar-refractivity contribution < 1.29 is 117 Å². The van der Waals surface area contributed by atoms with Crippen molar-refractivity contribution >= 4 is 92.0 Å². The number of carboxylic acid groups (broad SMARTS) is 1. The smallest absolute Gasteiger partial charge is 0.305 e. The Morgan fingerprint density at radius 1 is 0.613 bits per heavy atom. The lowest BCUT2D eigenvalue weighted by atomic mass is 9.79. The number of anilines is 1. The van der Waals surface area contributed by atoms with Crippen molar-refractivity contribution in [1.82, 2.24) is 42.5 Å². The maximum atomic E-state index is 14.4. The van der Waals surface area contributed by atoms with Gasteiger partial charge >= 0.3 is 5.97 Å². The number of amides is 8. The number of carbonyl (C=O) groups is 9. The highest BCUT2D eigenvalue weighted by Crippen LogP contribution is 2.49. The second kappa shape index (κ2) is 46.3. The Kier molecular flexibility index (Phi) is 36.9. The SMILES string of the molecule is CC1(C)C(/C=C/C2=C(c3ccccc3)C(=C/C=C3/N(CCCCS(=O)(=O)O)c4ccc(C(=O)NCC(O)C(O)C(O)C(O)CO)cc4C3(C)C)/CCC2)=[N+](CCCCCC(=O)NCCCCC2NC(=O)[C@@H](Cc3ccccc3)NC(=O)[C@H](CC(=O)O)NC(=O)CNC(=O)[C@H](CCCN=C(N)N)NC2=O)c2ccc(C(=O)NCC(O)C(O)C(O)C(O)CO)cc21. The molecule has 4 aromatic carbocycles. The van der Waals surface area contributed by atoms with Crippen LogP contribution in [0.5, 0.6) is 0 Å². The molecule has 3 aliphatic heterocycles. The zero-order valence-corrected chi connectivity index (χ0v) is 70.9. The molecule has 676 valence electrons. The van der Waals surface area contributed by atoms with E-state index >= 15 is 0 Å². The van der Waals surface area contributed by atoms with Crippen LogP contribution in [0, 0.1) is 0 Å². The van der Waals surface area contributed by atoms with Gasteiger partial charge in [-0.2, -0.15) is 13.0 Å². The Hall–Kier alpha value is -10.7. The number of aliphatic hydroxyl groups is 10. The van der Waals surface area contributed by atoms with Crippen molar-refractivity contribution in [3.05, 3.63) is 172 Å². The molecule has 9 unspecified atom stereocenters. The third-order valence-electron chi connectivity index (χ3n) is 22.5. The van der Waals surface area contributed by atoms with Crippen LogP contribution >= 0.6 is 0 Å². The van der Waals surface area contributed by atoms with Crippen LogP contribution in [0.1, 0.15) is 167 Å². The highest BCUT2D eigenvalue weighted by atomic mass is 32.2. The monoisotopic (exact) mass is 1750 g/mol. The number of carboxylic acids is 1. The first-order valence-electron chi connectivity index (χ1n) is 41.7. The molecule has 36 nitrogen and oxygen atoms in total. The Bertz CT molecular complexity index is 4730. The van der Waals surface area contributed by atoms with E-state index in [0.717, 1.165) is 62.6 Å². The van der Waals surface area contributed by atoms with Crippen LogP contribution < -0.4 is 58.9 Å². The van der Waals surface area contributed by atoms with Gasteiger partial charge in [0.1, 0.15) is 67.3 Å². The number of allylic oxidation sites excluding steroid dienone is 8. The summed E-state index contributed by atoms with van der Waals surface area (Å²) in [7, 11) is -4.28. The molecular formula is C87H120N13O23S+. The van der Waals surface area contributed by atoms with Gasteiger partial charge in [0, 0.05) is 97.6 Å². The van der Waals surface area contributed by atoms with Gasteiger partial charge in [-0.3, -0.25) is 52.7 Å². The summed E-state index contributed by atoms with van der Waals surface area (Å²) in [5.74, 6) is -7.99. The Morgan fingerprint density at radius 3 is 1.80 bits per heavy atom. The number of unbranched alkanes of at least 4 members (excludes halogenated alkanes) is 4. The molecule has 0 bridgehead atoms. The number of aliphatic imine (C=N–C) groups is 1. The van der Waals surface area contributed by atoms with Crippen molar-refractivity contribution in [3.8, 4) is 0 Å². The molecule has 8 rings (SSSR count). The molecule has 0 aromatic heterocycles. The van der Waals surface area contributed by atoms with E-state index in [1.807, 2.05) is 70.2 Å². The normalized spacial score (nSPS) is 20.8. The molecular weight excluding hydrogens is 1630 g/mol.